The number of carbonyl (C=O) groups is 3. The van der Waals surface area contributed by atoms with Crippen LogP contribution in [-0.4, -0.2) is 53.2 Å². The lowest BCUT2D eigenvalue weighted by atomic mass is 9.74. The molecule has 6 rings (SSSR count). The molecule has 6 heteroatoms. The zero-order valence-corrected chi connectivity index (χ0v) is 21.6. The number of hydrogen-bond acceptors (Lipinski definition) is 4. The van der Waals surface area contributed by atoms with Gasteiger partial charge in [-0.25, -0.2) is 0 Å². The van der Waals surface area contributed by atoms with Crippen molar-refractivity contribution in [3.63, 3.8) is 0 Å². The smallest absolute Gasteiger partial charge is 0.255 e. The van der Waals surface area contributed by atoms with E-state index in [4.69, 9.17) is 0 Å². The fraction of sp³-hybridized carbons (Fsp3) is 0.516. The Morgan fingerprint density at radius 2 is 1.73 bits per heavy atom. The van der Waals surface area contributed by atoms with Gasteiger partial charge in [0.2, 0.25) is 11.8 Å². The molecule has 1 spiro atoms. The van der Waals surface area contributed by atoms with Gasteiger partial charge in [0.05, 0.1) is 0 Å². The Kier molecular flexibility index (Phi) is 6.62. The van der Waals surface area contributed by atoms with Crippen molar-refractivity contribution < 1.29 is 14.4 Å². The van der Waals surface area contributed by atoms with Gasteiger partial charge in [0.1, 0.15) is 6.04 Å². The van der Waals surface area contributed by atoms with E-state index in [1.165, 1.54) is 63.7 Å². The molecule has 0 saturated carbocycles. The summed E-state index contributed by atoms with van der Waals surface area (Å²) in [6, 6.07) is 14.5. The third kappa shape index (κ3) is 4.61. The topological polar surface area (TPSA) is 69.7 Å². The molecule has 2 aromatic carbocycles. The number of piperidine rings is 2. The molecule has 6 nitrogen and oxygen atoms in total. The fourth-order valence-electron chi connectivity index (χ4n) is 7.20. The summed E-state index contributed by atoms with van der Waals surface area (Å²) < 4.78 is 0. The highest BCUT2D eigenvalue weighted by atomic mass is 16.2. The molecular formula is C31H37N3O3. The Bertz CT molecular complexity index is 1210. The minimum Gasteiger partial charge on any atom is -0.322 e. The molecule has 0 aromatic heterocycles. The maximum atomic E-state index is 13.0. The molecule has 3 amide bonds. The van der Waals surface area contributed by atoms with E-state index in [0.717, 1.165) is 24.0 Å². The molecule has 2 saturated heterocycles. The molecule has 4 aliphatic rings. The Hall–Kier alpha value is -2.99. The van der Waals surface area contributed by atoms with Crippen LogP contribution in [0.3, 0.4) is 0 Å². The van der Waals surface area contributed by atoms with Crippen molar-refractivity contribution in [2.24, 2.45) is 0 Å². The van der Waals surface area contributed by atoms with Crippen molar-refractivity contribution in [3.8, 4) is 0 Å². The first kappa shape index (κ1) is 24.4. The number of nitrogens with zero attached hydrogens (tertiary/aromatic N) is 2. The number of unbranched alkanes of at least 4 members (excludes halogenated alkanes) is 2. The van der Waals surface area contributed by atoms with E-state index in [1.54, 1.807) is 16.0 Å². The largest absolute Gasteiger partial charge is 0.322 e. The van der Waals surface area contributed by atoms with Gasteiger partial charge in [0.15, 0.2) is 0 Å². The molecule has 1 unspecified atom stereocenters. The van der Waals surface area contributed by atoms with Crippen molar-refractivity contribution in [1.82, 2.24) is 15.1 Å². The molecule has 0 bridgehead atoms. The minimum absolute atomic E-state index is 0.0842. The summed E-state index contributed by atoms with van der Waals surface area (Å²) in [5.41, 5.74) is 6.64. The molecule has 3 aliphatic heterocycles. The maximum Gasteiger partial charge on any atom is 0.255 e. The predicted octanol–water partition coefficient (Wildman–Crippen LogP) is 4.14. The summed E-state index contributed by atoms with van der Waals surface area (Å²) in [6.07, 6.45) is 10.3. The summed E-state index contributed by atoms with van der Waals surface area (Å²) in [5, 5.41) is 2.39. The van der Waals surface area contributed by atoms with Crippen molar-refractivity contribution >= 4 is 17.7 Å². The first-order chi connectivity index (χ1) is 18.0. The zero-order valence-electron chi connectivity index (χ0n) is 21.6. The molecule has 37 heavy (non-hydrogen) atoms. The number of carbonyl (C=O) groups excluding carboxylic acids is 3. The molecule has 1 N–H and O–H groups in total. The highest BCUT2D eigenvalue weighted by molar-refractivity contribution is 6.05. The molecule has 1 aliphatic carbocycles. The molecule has 2 fully saturated rings. The van der Waals surface area contributed by atoms with Crippen LogP contribution in [0.5, 0.6) is 0 Å². The van der Waals surface area contributed by atoms with Gasteiger partial charge in [-0.05, 0) is 105 Å². The van der Waals surface area contributed by atoms with E-state index >= 15 is 0 Å². The molecule has 194 valence electrons. The van der Waals surface area contributed by atoms with Crippen LogP contribution in [0.15, 0.2) is 42.5 Å². The Morgan fingerprint density at radius 1 is 0.892 bits per heavy atom. The second kappa shape index (κ2) is 10.1. The number of likely N-dealkylation sites (tertiary alicyclic amines) is 1. The van der Waals surface area contributed by atoms with Crippen LogP contribution >= 0.6 is 0 Å². The lowest BCUT2D eigenvalue weighted by Crippen LogP contribution is -2.52. The van der Waals surface area contributed by atoms with Crippen LogP contribution in [0.4, 0.5) is 0 Å². The van der Waals surface area contributed by atoms with E-state index in [9.17, 15) is 14.4 Å². The lowest BCUT2D eigenvalue weighted by molar-refractivity contribution is -0.136. The van der Waals surface area contributed by atoms with Crippen LogP contribution in [0, 0.1) is 0 Å². The Morgan fingerprint density at radius 3 is 2.57 bits per heavy atom. The van der Waals surface area contributed by atoms with Gasteiger partial charge in [-0.1, -0.05) is 42.8 Å². The van der Waals surface area contributed by atoms with Crippen molar-refractivity contribution in [2.75, 3.05) is 19.6 Å². The lowest BCUT2D eigenvalue weighted by Gasteiger charge is -2.40. The van der Waals surface area contributed by atoms with Crippen molar-refractivity contribution in [1.29, 1.82) is 0 Å². The Balaban J connectivity index is 0.973. The first-order valence-electron chi connectivity index (χ1n) is 14.1. The van der Waals surface area contributed by atoms with Gasteiger partial charge in [-0.2, -0.15) is 0 Å². The molecule has 0 radical (unpaired) electrons. The SMILES string of the molecule is O=C1CCC(N2Cc3c(CCCCCN4CCC5(CCc6ccccc65)CC4)cccc3C2=O)C(=O)N1. The number of nitrogens with one attached hydrogen (secondary N) is 1. The standard InChI is InChI=1S/C31H37N3O3/c35-28-13-12-27(29(36)32-28)34-21-25-22(9-6-10-24(25)30(34)37)7-2-1-5-18-33-19-16-31(17-20-33)15-14-23-8-3-4-11-26(23)31/h3-4,6,8-11,27H,1-2,5,7,12-21H2,(H,32,35,36). The van der Waals surface area contributed by atoms with Crippen LogP contribution in [0.2, 0.25) is 0 Å². The summed E-state index contributed by atoms with van der Waals surface area (Å²) in [5.74, 6) is -0.683. The predicted molar refractivity (Wildman–Crippen MR) is 142 cm³/mol. The van der Waals surface area contributed by atoms with Gasteiger partial charge in [-0.15, -0.1) is 0 Å². The average Bonchev–Trinajstić information content (AvgIpc) is 3.44. The quantitative estimate of drug-likeness (QED) is 0.459. The number of aryl methyl sites for hydroxylation is 2. The summed E-state index contributed by atoms with van der Waals surface area (Å²) in [4.78, 5) is 41.2. The van der Waals surface area contributed by atoms with E-state index in [-0.39, 0.29) is 24.1 Å². The summed E-state index contributed by atoms with van der Waals surface area (Å²) in [6.45, 7) is 4.05. The van der Waals surface area contributed by atoms with Gasteiger partial charge < -0.3 is 9.80 Å². The highest BCUT2D eigenvalue weighted by Gasteiger charge is 2.41. The Labute approximate surface area is 219 Å². The molecule has 1 atom stereocenters. The molecule has 2 aromatic rings. The molecule has 3 heterocycles. The van der Waals surface area contributed by atoms with Gasteiger partial charge in [0, 0.05) is 18.5 Å². The second-order valence-corrected chi connectivity index (χ2v) is 11.4. The summed E-state index contributed by atoms with van der Waals surface area (Å²) in [7, 11) is 0. The molecular weight excluding hydrogens is 462 g/mol. The number of fused-ring (bicyclic) bond motifs is 3. The number of imide groups is 1. The van der Waals surface area contributed by atoms with Gasteiger partial charge in [0.25, 0.3) is 5.91 Å². The fourth-order valence-corrected chi connectivity index (χ4v) is 7.20. The van der Waals surface area contributed by atoms with Crippen molar-refractivity contribution in [2.45, 2.75) is 82.2 Å². The number of benzene rings is 2. The first-order valence-corrected chi connectivity index (χ1v) is 14.1. The maximum absolute atomic E-state index is 13.0. The van der Waals surface area contributed by atoms with Crippen molar-refractivity contribution in [3.05, 3.63) is 70.3 Å². The number of amides is 3. The zero-order chi connectivity index (χ0) is 25.4. The summed E-state index contributed by atoms with van der Waals surface area (Å²) >= 11 is 0. The second-order valence-electron chi connectivity index (χ2n) is 11.4. The van der Waals surface area contributed by atoms with Crippen LogP contribution in [-0.2, 0) is 34.4 Å². The number of rotatable bonds is 7. The van der Waals surface area contributed by atoms with Gasteiger partial charge >= 0.3 is 0 Å². The van der Waals surface area contributed by atoms with Crippen LogP contribution < -0.4 is 5.32 Å². The van der Waals surface area contributed by atoms with E-state index < -0.39 is 6.04 Å². The van der Waals surface area contributed by atoms with E-state index in [0.29, 0.717) is 18.4 Å². The monoisotopic (exact) mass is 499 g/mol. The normalized spacial score (nSPS) is 22.9. The third-order valence-corrected chi connectivity index (χ3v) is 9.37. The minimum atomic E-state index is -0.549. The highest BCUT2D eigenvalue weighted by Crippen LogP contribution is 2.46. The van der Waals surface area contributed by atoms with Crippen LogP contribution in [0.25, 0.3) is 0 Å². The average molecular weight is 500 g/mol. The van der Waals surface area contributed by atoms with E-state index in [1.807, 2.05) is 12.1 Å². The van der Waals surface area contributed by atoms with Crippen LogP contribution in [0.1, 0.15) is 84.0 Å². The number of hydrogen-bond donors (Lipinski definition) is 1. The third-order valence-electron chi connectivity index (χ3n) is 9.37. The van der Waals surface area contributed by atoms with Gasteiger partial charge in [-0.3, -0.25) is 19.7 Å². The van der Waals surface area contributed by atoms with E-state index in [2.05, 4.69) is 40.5 Å².